The summed E-state index contributed by atoms with van der Waals surface area (Å²) in [6, 6.07) is 7.30. The highest BCUT2D eigenvalue weighted by Crippen LogP contribution is 2.21. The van der Waals surface area contributed by atoms with Crippen molar-refractivity contribution in [2.45, 2.75) is 46.2 Å². The molecule has 1 aromatic carbocycles. The van der Waals surface area contributed by atoms with Crippen LogP contribution >= 0.6 is 0 Å². The second kappa shape index (κ2) is 4.78. The SMILES string of the molecule is Cc1nc(C)n(-c2ccc(CNC3CC3)cc2C)n1. The number of rotatable bonds is 4. The standard InChI is InChI=1S/C15H20N4/c1-10-8-13(9-16-14-5-6-14)4-7-15(10)19-12(3)17-11(2)18-19/h4,7-8,14,16H,5-6,9H2,1-3H3. The Hall–Kier alpha value is -1.68. The maximum absolute atomic E-state index is 4.45. The van der Waals surface area contributed by atoms with Crippen molar-refractivity contribution in [1.29, 1.82) is 0 Å². The molecule has 1 N–H and O–H groups in total. The van der Waals surface area contributed by atoms with Crippen molar-refractivity contribution in [3.05, 3.63) is 41.0 Å². The summed E-state index contributed by atoms with van der Waals surface area (Å²) in [5.41, 5.74) is 3.69. The lowest BCUT2D eigenvalue weighted by molar-refractivity contribution is 0.687. The van der Waals surface area contributed by atoms with Gasteiger partial charge >= 0.3 is 0 Å². The van der Waals surface area contributed by atoms with Crippen molar-refractivity contribution in [1.82, 2.24) is 20.1 Å². The van der Waals surface area contributed by atoms with Crippen molar-refractivity contribution >= 4 is 0 Å². The number of hydrogen-bond donors (Lipinski definition) is 1. The van der Waals surface area contributed by atoms with Crippen LogP contribution in [0.5, 0.6) is 0 Å². The minimum atomic E-state index is 0.750. The average molecular weight is 256 g/mol. The number of benzene rings is 1. The molecule has 3 rings (SSSR count). The minimum Gasteiger partial charge on any atom is -0.310 e. The van der Waals surface area contributed by atoms with E-state index in [1.165, 1.54) is 24.0 Å². The van der Waals surface area contributed by atoms with Crippen LogP contribution in [0.3, 0.4) is 0 Å². The van der Waals surface area contributed by atoms with Gasteiger partial charge in [-0.3, -0.25) is 0 Å². The lowest BCUT2D eigenvalue weighted by Gasteiger charge is -2.10. The summed E-state index contributed by atoms with van der Waals surface area (Å²) < 4.78 is 1.92. The van der Waals surface area contributed by atoms with Crippen LogP contribution in [0.1, 0.15) is 35.6 Å². The monoisotopic (exact) mass is 256 g/mol. The smallest absolute Gasteiger partial charge is 0.148 e. The molecule has 1 aliphatic carbocycles. The van der Waals surface area contributed by atoms with Crippen molar-refractivity contribution in [3.63, 3.8) is 0 Å². The maximum atomic E-state index is 4.45. The van der Waals surface area contributed by atoms with E-state index in [2.05, 4.69) is 40.5 Å². The Kier molecular flexibility index (Phi) is 3.11. The van der Waals surface area contributed by atoms with Crippen LogP contribution in [0.15, 0.2) is 18.2 Å². The van der Waals surface area contributed by atoms with Gasteiger partial charge in [0.1, 0.15) is 11.6 Å². The van der Waals surface area contributed by atoms with E-state index in [0.29, 0.717) is 0 Å². The molecule has 0 radical (unpaired) electrons. The molecule has 1 heterocycles. The summed E-state index contributed by atoms with van der Waals surface area (Å²) in [4.78, 5) is 4.36. The summed E-state index contributed by atoms with van der Waals surface area (Å²) in [7, 11) is 0. The fraction of sp³-hybridized carbons (Fsp3) is 0.467. The summed E-state index contributed by atoms with van der Waals surface area (Å²) in [6.07, 6.45) is 2.66. The summed E-state index contributed by atoms with van der Waals surface area (Å²) in [5, 5.41) is 7.99. The van der Waals surface area contributed by atoms with Crippen LogP contribution in [0, 0.1) is 20.8 Å². The van der Waals surface area contributed by atoms with E-state index in [0.717, 1.165) is 29.9 Å². The van der Waals surface area contributed by atoms with Crippen LogP contribution in [-0.2, 0) is 6.54 Å². The fourth-order valence-electron chi connectivity index (χ4n) is 2.36. The third-order valence-electron chi connectivity index (χ3n) is 3.54. The molecule has 1 fully saturated rings. The molecule has 1 aromatic heterocycles. The summed E-state index contributed by atoms with van der Waals surface area (Å²) in [6.45, 7) is 7.00. The van der Waals surface area contributed by atoms with Gasteiger partial charge in [0.05, 0.1) is 5.69 Å². The number of hydrogen-bond acceptors (Lipinski definition) is 3. The molecule has 4 heteroatoms. The molecule has 0 amide bonds. The Morgan fingerprint density at radius 3 is 2.63 bits per heavy atom. The predicted octanol–water partition coefficient (Wildman–Crippen LogP) is 2.44. The highest BCUT2D eigenvalue weighted by Gasteiger charge is 2.20. The largest absolute Gasteiger partial charge is 0.310 e. The third-order valence-corrected chi connectivity index (χ3v) is 3.54. The first-order valence-corrected chi connectivity index (χ1v) is 6.87. The van der Waals surface area contributed by atoms with Crippen LogP contribution in [0.2, 0.25) is 0 Å². The lowest BCUT2D eigenvalue weighted by atomic mass is 10.1. The summed E-state index contributed by atoms with van der Waals surface area (Å²) in [5.74, 6) is 1.75. The van der Waals surface area contributed by atoms with Gasteiger partial charge in [-0.1, -0.05) is 12.1 Å². The lowest BCUT2D eigenvalue weighted by Crippen LogP contribution is -2.15. The van der Waals surface area contributed by atoms with Gasteiger partial charge in [0.2, 0.25) is 0 Å². The van der Waals surface area contributed by atoms with Gasteiger partial charge in [-0.2, -0.15) is 5.10 Å². The molecule has 0 bridgehead atoms. The zero-order valence-electron chi connectivity index (χ0n) is 11.8. The van der Waals surface area contributed by atoms with Crippen LogP contribution in [-0.4, -0.2) is 20.8 Å². The van der Waals surface area contributed by atoms with Gasteiger partial charge in [0, 0.05) is 12.6 Å². The molecular weight excluding hydrogens is 236 g/mol. The molecule has 0 unspecified atom stereocenters. The first-order valence-electron chi connectivity index (χ1n) is 6.87. The predicted molar refractivity (Wildman–Crippen MR) is 75.4 cm³/mol. The maximum Gasteiger partial charge on any atom is 0.148 e. The Labute approximate surface area is 113 Å². The Morgan fingerprint density at radius 2 is 2.05 bits per heavy atom. The topological polar surface area (TPSA) is 42.7 Å². The van der Waals surface area contributed by atoms with Crippen molar-refractivity contribution in [3.8, 4) is 5.69 Å². The first-order chi connectivity index (χ1) is 9.13. The van der Waals surface area contributed by atoms with E-state index in [1.807, 2.05) is 18.5 Å². The van der Waals surface area contributed by atoms with E-state index < -0.39 is 0 Å². The molecular formula is C15H20N4. The first kappa shape index (κ1) is 12.4. The Bertz CT molecular complexity index is 596. The molecule has 2 aromatic rings. The Morgan fingerprint density at radius 1 is 1.26 bits per heavy atom. The molecule has 0 atom stereocenters. The highest BCUT2D eigenvalue weighted by molar-refractivity contribution is 5.42. The quantitative estimate of drug-likeness (QED) is 0.913. The zero-order chi connectivity index (χ0) is 13.4. The Balaban J connectivity index is 1.84. The average Bonchev–Trinajstić information content (AvgIpc) is 3.12. The molecule has 0 spiro atoms. The van der Waals surface area contributed by atoms with E-state index in [1.54, 1.807) is 0 Å². The van der Waals surface area contributed by atoms with E-state index in [-0.39, 0.29) is 0 Å². The van der Waals surface area contributed by atoms with Gasteiger partial charge in [0.25, 0.3) is 0 Å². The van der Waals surface area contributed by atoms with Crippen molar-refractivity contribution < 1.29 is 0 Å². The van der Waals surface area contributed by atoms with E-state index >= 15 is 0 Å². The molecule has 1 aliphatic rings. The van der Waals surface area contributed by atoms with Gasteiger partial charge in [0.15, 0.2) is 0 Å². The van der Waals surface area contributed by atoms with Crippen LogP contribution < -0.4 is 5.32 Å². The highest BCUT2D eigenvalue weighted by atomic mass is 15.3. The van der Waals surface area contributed by atoms with Crippen LogP contribution in [0.4, 0.5) is 0 Å². The molecule has 0 saturated heterocycles. The molecule has 19 heavy (non-hydrogen) atoms. The molecule has 0 aliphatic heterocycles. The second-order valence-corrected chi connectivity index (χ2v) is 5.39. The summed E-state index contributed by atoms with van der Waals surface area (Å²) >= 11 is 0. The fourth-order valence-corrected chi connectivity index (χ4v) is 2.36. The van der Waals surface area contributed by atoms with Crippen molar-refractivity contribution in [2.75, 3.05) is 0 Å². The van der Waals surface area contributed by atoms with Crippen LogP contribution in [0.25, 0.3) is 5.69 Å². The molecule has 100 valence electrons. The van der Waals surface area contributed by atoms with Gasteiger partial charge in [-0.05, 0) is 50.8 Å². The van der Waals surface area contributed by atoms with Crippen molar-refractivity contribution in [2.24, 2.45) is 0 Å². The molecule has 4 nitrogen and oxygen atoms in total. The zero-order valence-corrected chi connectivity index (χ0v) is 11.8. The minimum absolute atomic E-state index is 0.750. The van der Waals surface area contributed by atoms with Gasteiger partial charge in [-0.25, -0.2) is 9.67 Å². The number of aromatic nitrogens is 3. The van der Waals surface area contributed by atoms with Gasteiger partial charge < -0.3 is 5.32 Å². The molecule has 1 saturated carbocycles. The van der Waals surface area contributed by atoms with E-state index in [9.17, 15) is 0 Å². The van der Waals surface area contributed by atoms with E-state index in [4.69, 9.17) is 0 Å². The van der Waals surface area contributed by atoms with Gasteiger partial charge in [-0.15, -0.1) is 0 Å². The second-order valence-electron chi connectivity index (χ2n) is 5.39. The number of aryl methyl sites for hydroxylation is 3. The number of nitrogens with one attached hydrogen (secondary N) is 1. The normalized spacial score (nSPS) is 14.9. The number of nitrogens with zero attached hydrogens (tertiary/aromatic N) is 3. The third kappa shape index (κ3) is 2.68.